The highest BCUT2D eigenvalue weighted by Crippen LogP contribution is 2.47. The van der Waals surface area contributed by atoms with E-state index in [1.807, 2.05) is 60.7 Å². The molecule has 0 aliphatic carbocycles. The van der Waals surface area contributed by atoms with Crippen LogP contribution in [0.3, 0.4) is 0 Å². The molecule has 0 bridgehead atoms. The molecular weight excluding hydrogens is 613 g/mol. The third-order valence-electron chi connectivity index (χ3n) is 7.94. The van der Waals surface area contributed by atoms with Crippen molar-refractivity contribution in [2.45, 2.75) is 25.6 Å². The predicted molar refractivity (Wildman–Crippen MR) is 175 cm³/mol. The van der Waals surface area contributed by atoms with Gasteiger partial charge in [-0.1, -0.05) is 72.8 Å². The number of aromatic nitrogens is 1. The molecule has 0 saturated heterocycles. The molecule has 0 spiro atoms. The Bertz CT molecular complexity index is 1900. The van der Waals surface area contributed by atoms with Crippen molar-refractivity contribution in [3.8, 4) is 5.75 Å². The molecule has 45 heavy (non-hydrogen) atoms. The van der Waals surface area contributed by atoms with Crippen molar-refractivity contribution in [3.63, 3.8) is 0 Å². The molecule has 7 nitrogen and oxygen atoms in total. The highest BCUT2D eigenvalue weighted by molar-refractivity contribution is 7.92. The smallest absolute Gasteiger partial charge is 0.258 e. The van der Waals surface area contributed by atoms with Crippen molar-refractivity contribution in [1.29, 1.82) is 0 Å². The number of hydrogen-bond acceptors (Lipinski definition) is 5. The van der Waals surface area contributed by atoms with Crippen molar-refractivity contribution in [1.82, 2.24) is 9.88 Å². The number of halogens is 2. The van der Waals surface area contributed by atoms with Gasteiger partial charge < -0.3 is 9.64 Å². The zero-order valence-electron chi connectivity index (χ0n) is 24.6. The predicted octanol–water partition coefficient (Wildman–Crippen LogP) is 7.09. The molecule has 0 radical (unpaired) electrons. The van der Waals surface area contributed by atoms with E-state index in [0.717, 1.165) is 16.7 Å². The van der Waals surface area contributed by atoms with Gasteiger partial charge in [0, 0.05) is 43.2 Å². The van der Waals surface area contributed by atoms with Gasteiger partial charge in [0.05, 0.1) is 17.0 Å². The van der Waals surface area contributed by atoms with Gasteiger partial charge in [-0.3, -0.25) is 14.1 Å². The molecule has 0 N–H and O–H groups in total. The quantitative estimate of drug-likeness (QED) is 0.144. The van der Waals surface area contributed by atoms with Crippen molar-refractivity contribution in [2.75, 3.05) is 23.0 Å². The highest BCUT2D eigenvalue weighted by Gasteiger charge is 2.39. The summed E-state index contributed by atoms with van der Waals surface area (Å²) in [5.74, 6) is -0.379. The molecule has 0 fully saturated rings. The second-order valence-electron chi connectivity index (χ2n) is 10.9. The lowest BCUT2D eigenvalue weighted by molar-refractivity contribution is 0.0762. The van der Waals surface area contributed by atoms with Gasteiger partial charge in [-0.25, -0.2) is 12.8 Å². The zero-order chi connectivity index (χ0) is 31.6. The molecule has 5 aromatic rings. The normalized spacial score (nSPS) is 13.0. The first-order valence-electron chi connectivity index (χ1n) is 14.5. The van der Waals surface area contributed by atoms with Gasteiger partial charge in [-0.05, 0) is 47.4 Å². The Morgan fingerprint density at radius 2 is 1.60 bits per heavy atom. The second-order valence-corrected chi connectivity index (χ2v) is 13.4. The number of fused-ring (bicyclic) bond motifs is 2. The van der Waals surface area contributed by atoms with Gasteiger partial charge in [0.1, 0.15) is 17.4 Å². The molecule has 1 aromatic heterocycles. The SMILES string of the molecule is CN(c1c2c(c(OC(c3ccccc3)c3ccccc3)c3ncccc13)C(=O)N(Cc1ccc(F)cc1)C2)S(=O)(=O)CCCCl. The molecule has 0 unspecified atom stereocenters. The van der Waals surface area contributed by atoms with E-state index in [2.05, 4.69) is 4.98 Å². The van der Waals surface area contributed by atoms with E-state index in [0.29, 0.717) is 22.2 Å². The molecule has 1 amide bonds. The van der Waals surface area contributed by atoms with E-state index >= 15 is 0 Å². The third kappa shape index (κ3) is 6.10. The monoisotopic (exact) mass is 643 g/mol. The topological polar surface area (TPSA) is 79.8 Å². The summed E-state index contributed by atoms with van der Waals surface area (Å²) in [5.41, 5.74) is 4.02. The van der Waals surface area contributed by atoms with Crippen LogP contribution in [0.25, 0.3) is 10.9 Å². The number of alkyl halides is 1. The van der Waals surface area contributed by atoms with Gasteiger partial charge in [-0.2, -0.15) is 0 Å². The maximum Gasteiger partial charge on any atom is 0.258 e. The average molecular weight is 644 g/mol. The number of pyridine rings is 1. The molecule has 1 aliphatic rings. The maximum atomic E-state index is 14.3. The van der Waals surface area contributed by atoms with Gasteiger partial charge in [0.2, 0.25) is 10.0 Å². The standard InChI is InChI=1S/C35H31ClFN3O4S/c1-39(45(42,43)21-9-19-36)32-28-14-8-20-38-31(28)34(44-33(25-10-4-2-5-11-25)26-12-6-3-7-13-26)30-29(32)23-40(35(30)41)22-24-15-17-27(37)18-16-24/h2-8,10-18,20,33H,9,19,21-23H2,1H3. The first kappa shape index (κ1) is 30.6. The van der Waals surface area contributed by atoms with E-state index in [4.69, 9.17) is 16.3 Å². The van der Waals surface area contributed by atoms with E-state index in [1.165, 1.54) is 23.5 Å². The van der Waals surface area contributed by atoms with E-state index < -0.39 is 16.1 Å². The third-order valence-corrected chi connectivity index (χ3v) is 10.0. The van der Waals surface area contributed by atoms with Crippen LogP contribution in [0.4, 0.5) is 10.1 Å². The number of anilines is 1. The van der Waals surface area contributed by atoms with Crippen LogP contribution < -0.4 is 9.04 Å². The Morgan fingerprint density at radius 1 is 0.956 bits per heavy atom. The lowest BCUT2D eigenvalue weighted by Gasteiger charge is -2.26. The number of sulfonamides is 1. The summed E-state index contributed by atoms with van der Waals surface area (Å²) in [6.45, 7) is 0.318. The zero-order valence-corrected chi connectivity index (χ0v) is 26.1. The molecule has 0 atom stereocenters. The molecule has 0 saturated carbocycles. The minimum absolute atomic E-state index is 0.124. The number of carbonyl (C=O) groups excluding carboxylic acids is 1. The molecule has 2 heterocycles. The van der Waals surface area contributed by atoms with Crippen LogP contribution in [0.5, 0.6) is 5.75 Å². The summed E-state index contributed by atoms with van der Waals surface area (Å²) in [5, 5.41) is 0.541. The fraction of sp³-hybridized carbons (Fsp3) is 0.200. The Labute approximate surface area is 266 Å². The largest absolute Gasteiger partial charge is 0.478 e. The van der Waals surface area contributed by atoms with Gasteiger partial charge >= 0.3 is 0 Å². The summed E-state index contributed by atoms with van der Waals surface area (Å²) in [4.78, 5) is 20.6. The molecule has 10 heteroatoms. The van der Waals surface area contributed by atoms with E-state index in [1.54, 1.807) is 35.4 Å². The lowest BCUT2D eigenvalue weighted by atomic mass is 9.99. The fourth-order valence-electron chi connectivity index (χ4n) is 5.74. The van der Waals surface area contributed by atoms with Crippen molar-refractivity contribution in [3.05, 3.63) is 137 Å². The number of amides is 1. The fourth-order valence-corrected chi connectivity index (χ4v) is 7.30. The van der Waals surface area contributed by atoms with Crippen molar-refractivity contribution < 1.29 is 22.3 Å². The summed E-state index contributed by atoms with van der Waals surface area (Å²) >= 11 is 5.86. The number of nitrogens with zero attached hydrogens (tertiary/aromatic N) is 3. The Kier molecular flexibility index (Phi) is 8.74. The van der Waals surface area contributed by atoms with Gasteiger partial charge in [-0.15, -0.1) is 11.6 Å². The summed E-state index contributed by atoms with van der Waals surface area (Å²) < 4.78 is 48.9. The van der Waals surface area contributed by atoms with Crippen LogP contribution in [0.15, 0.2) is 103 Å². The average Bonchev–Trinajstić information content (AvgIpc) is 3.38. The number of carbonyl (C=O) groups is 1. The lowest BCUT2D eigenvalue weighted by Crippen LogP contribution is -2.30. The number of rotatable bonds is 11. The van der Waals surface area contributed by atoms with E-state index in [9.17, 15) is 17.6 Å². The van der Waals surface area contributed by atoms with Crippen molar-refractivity contribution >= 4 is 44.1 Å². The number of hydrogen-bond donors (Lipinski definition) is 0. The van der Waals surface area contributed by atoms with Crippen molar-refractivity contribution in [2.24, 2.45) is 0 Å². The first-order chi connectivity index (χ1) is 21.8. The van der Waals surface area contributed by atoms with Crippen LogP contribution in [-0.2, 0) is 23.1 Å². The number of ether oxygens (including phenoxy) is 1. The van der Waals surface area contributed by atoms with Crippen LogP contribution >= 0.6 is 11.6 Å². The molecule has 4 aromatic carbocycles. The Hall–Kier alpha value is -4.47. The van der Waals surface area contributed by atoms with E-state index in [-0.39, 0.29) is 54.2 Å². The Balaban J connectivity index is 1.56. The first-order valence-corrected chi connectivity index (χ1v) is 16.7. The minimum Gasteiger partial charge on any atom is -0.478 e. The van der Waals surface area contributed by atoms with Gasteiger partial charge in [0.25, 0.3) is 5.91 Å². The second kappa shape index (κ2) is 12.9. The molecule has 6 rings (SSSR count). The summed E-state index contributed by atoms with van der Waals surface area (Å²) in [6.07, 6.45) is 1.29. The minimum atomic E-state index is -3.80. The molecule has 1 aliphatic heterocycles. The molecular formula is C35H31ClFN3O4S. The molecule has 230 valence electrons. The number of benzene rings is 4. The van der Waals surface area contributed by atoms with Crippen LogP contribution in [-0.4, -0.2) is 42.9 Å². The summed E-state index contributed by atoms with van der Waals surface area (Å²) in [7, 11) is -2.30. The Morgan fingerprint density at radius 3 is 2.22 bits per heavy atom. The highest BCUT2D eigenvalue weighted by atomic mass is 35.5. The van der Waals surface area contributed by atoms with Crippen LogP contribution in [0, 0.1) is 5.82 Å². The van der Waals surface area contributed by atoms with Crippen LogP contribution in [0.2, 0.25) is 0 Å². The summed E-state index contributed by atoms with van der Waals surface area (Å²) in [6, 6.07) is 28.9. The maximum absolute atomic E-state index is 14.3. The van der Waals surface area contributed by atoms with Gasteiger partial charge in [0.15, 0.2) is 5.75 Å². The van der Waals surface area contributed by atoms with Crippen LogP contribution in [0.1, 0.15) is 45.1 Å².